The minimum absolute atomic E-state index is 0.00172. The molecule has 2 rings (SSSR count). The monoisotopic (exact) mass is 500 g/mol. The zero-order valence-corrected chi connectivity index (χ0v) is 19.0. The fourth-order valence-corrected chi connectivity index (χ4v) is 4.61. The third-order valence-corrected chi connectivity index (χ3v) is 7.08. The third kappa shape index (κ3) is 6.60. The average molecular weight is 501 g/mol. The molecule has 0 radical (unpaired) electrons. The lowest BCUT2D eigenvalue weighted by molar-refractivity contribution is -0.142. The summed E-state index contributed by atoms with van der Waals surface area (Å²) < 4.78 is 63.9. The summed E-state index contributed by atoms with van der Waals surface area (Å²) in [5.74, 6) is -2.19. The van der Waals surface area contributed by atoms with E-state index in [9.17, 15) is 40.6 Å². The normalized spacial score (nSPS) is 12.4. The fraction of sp³-hybridized carbons (Fsp3) is 0.333. The van der Waals surface area contributed by atoms with Crippen molar-refractivity contribution in [3.05, 3.63) is 59.7 Å². The molecule has 0 aliphatic rings. The first-order valence-electron chi connectivity index (χ1n) is 9.90. The van der Waals surface area contributed by atoms with Crippen molar-refractivity contribution >= 4 is 32.2 Å². The van der Waals surface area contributed by atoms with E-state index in [2.05, 4.69) is 0 Å². The molecule has 12 heteroatoms. The van der Waals surface area contributed by atoms with Crippen molar-refractivity contribution < 1.29 is 45.7 Å². The molecule has 0 aliphatic heterocycles. The number of carboxylic acid groups (broad SMARTS) is 2. The van der Waals surface area contributed by atoms with Crippen LogP contribution < -0.4 is 0 Å². The molecule has 0 aliphatic carbocycles. The molecule has 0 saturated heterocycles. The average Bonchev–Trinajstić information content (AvgIpc) is 2.72. The van der Waals surface area contributed by atoms with Gasteiger partial charge in [0.15, 0.2) is 0 Å². The molecule has 10 nitrogen and oxygen atoms in total. The topological polar surface area (TPSA) is 183 Å². The first-order valence-corrected chi connectivity index (χ1v) is 12.8. The molecule has 0 bridgehead atoms. The largest absolute Gasteiger partial charge is 0.481 e. The Labute approximate surface area is 191 Å². The number of carbonyl (C=O) groups is 2. The molecule has 180 valence electrons. The van der Waals surface area contributed by atoms with Gasteiger partial charge in [0.25, 0.3) is 20.2 Å². The Morgan fingerprint density at radius 3 is 1.39 bits per heavy atom. The number of unbranched alkanes of at least 4 members (excludes halogenated alkanes) is 3. The van der Waals surface area contributed by atoms with Crippen molar-refractivity contribution in [2.24, 2.45) is 0 Å². The van der Waals surface area contributed by atoms with Gasteiger partial charge in [-0.15, -0.1) is 0 Å². The van der Waals surface area contributed by atoms with Crippen LogP contribution >= 0.6 is 0 Å². The van der Waals surface area contributed by atoms with Gasteiger partial charge in [-0.3, -0.25) is 18.7 Å². The minimum atomic E-state index is -4.50. The molecule has 33 heavy (non-hydrogen) atoms. The van der Waals surface area contributed by atoms with Crippen molar-refractivity contribution in [1.29, 1.82) is 0 Å². The lowest BCUT2D eigenvalue weighted by atomic mass is 9.71. The smallest absolute Gasteiger partial charge is 0.318 e. The molecule has 0 atom stereocenters. The van der Waals surface area contributed by atoms with Gasteiger partial charge in [0.05, 0.1) is 9.79 Å². The van der Waals surface area contributed by atoms with Gasteiger partial charge in [0, 0.05) is 6.42 Å². The van der Waals surface area contributed by atoms with Crippen LogP contribution in [0.2, 0.25) is 0 Å². The molecule has 2 aromatic carbocycles. The van der Waals surface area contributed by atoms with Crippen molar-refractivity contribution in [3.63, 3.8) is 0 Å². The number of hydrogen-bond acceptors (Lipinski definition) is 6. The molecule has 0 amide bonds. The van der Waals surface area contributed by atoms with Crippen LogP contribution in [-0.2, 0) is 35.2 Å². The second kappa shape index (κ2) is 10.4. The summed E-state index contributed by atoms with van der Waals surface area (Å²) >= 11 is 0. The van der Waals surface area contributed by atoms with E-state index in [-0.39, 0.29) is 24.0 Å². The van der Waals surface area contributed by atoms with Gasteiger partial charge in [-0.2, -0.15) is 16.8 Å². The Kier molecular flexibility index (Phi) is 8.36. The predicted octanol–water partition coefficient (Wildman–Crippen LogP) is 2.98. The summed E-state index contributed by atoms with van der Waals surface area (Å²) in [6.45, 7) is 0. The van der Waals surface area contributed by atoms with Gasteiger partial charge in [-0.05, 0) is 48.2 Å². The number of rotatable bonds is 12. The summed E-state index contributed by atoms with van der Waals surface area (Å²) in [5.41, 5.74) is -1.29. The molecule has 2 aromatic rings. The molecular formula is C21H24O10S2. The van der Waals surface area contributed by atoms with E-state index in [0.717, 1.165) is 24.3 Å². The van der Waals surface area contributed by atoms with Gasteiger partial charge in [0.2, 0.25) is 0 Å². The summed E-state index contributed by atoms with van der Waals surface area (Å²) in [4.78, 5) is 22.4. The van der Waals surface area contributed by atoms with Crippen LogP contribution in [0.3, 0.4) is 0 Å². The second-order valence-electron chi connectivity index (χ2n) is 7.52. The Balaban J connectivity index is 2.48. The number of hydrogen-bond donors (Lipinski definition) is 4. The molecule has 0 heterocycles. The van der Waals surface area contributed by atoms with Gasteiger partial charge in [-0.1, -0.05) is 43.5 Å². The SMILES string of the molecule is O=C(O)CCCCCCC(C(=O)O)(c1ccc(S(=O)(=O)O)cc1)c1ccc(S(=O)(=O)O)cc1. The lowest BCUT2D eigenvalue weighted by Crippen LogP contribution is -2.37. The maximum atomic E-state index is 12.6. The summed E-state index contributed by atoms with van der Waals surface area (Å²) in [7, 11) is -8.99. The first kappa shape index (κ1) is 26.5. The fourth-order valence-electron chi connectivity index (χ4n) is 3.65. The van der Waals surface area contributed by atoms with E-state index in [4.69, 9.17) is 5.11 Å². The van der Waals surface area contributed by atoms with Gasteiger partial charge in [0.1, 0.15) is 5.41 Å². The highest BCUT2D eigenvalue weighted by Gasteiger charge is 2.42. The van der Waals surface area contributed by atoms with E-state index < -0.39 is 47.4 Å². The van der Waals surface area contributed by atoms with Gasteiger partial charge < -0.3 is 10.2 Å². The third-order valence-electron chi connectivity index (χ3n) is 5.35. The number of benzene rings is 2. The highest BCUT2D eigenvalue weighted by Crippen LogP contribution is 2.39. The Morgan fingerprint density at radius 2 is 1.06 bits per heavy atom. The predicted molar refractivity (Wildman–Crippen MR) is 116 cm³/mol. The van der Waals surface area contributed by atoms with E-state index >= 15 is 0 Å². The highest BCUT2D eigenvalue weighted by atomic mass is 32.2. The standard InChI is InChI=1S/C21H24O10S2/c22-19(23)5-3-1-2-4-14-21(20(24)25,15-6-10-17(11-7-15)32(26,27)28)16-8-12-18(13-9-16)33(29,30)31/h6-13H,1-5,14H2,(H,22,23)(H,24,25)(H,26,27,28)(H,29,30,31). The zero-order valence-electron chi connectivity index (χ0n) is 17.4. The van der Waals surface area contributed by atoms with E-state index in [1.54, 1.807) is 0 Å². The Bertz CT molecular complexity index is 1120. The van der Waals surface area contributed by atoms with E-state index in [0.29, 0.717) is 25.7 Å². The number of carboxylic acids is 2. The zero-order chi connectivity index (χ0) is 24.9. The van der Waals surface area contributed by atoms with Crippen LogP contribution in [0.15, 0.2) is 58.3 Å². The molecule has 0 aromatic heterocycles. The summed E-state index contributed by atoms with van der Waals surface area (Å²) in [6, 6.07) is 9.33. The lowest BCUT2D eigenvalue weighted by Gasteiger charge is -2.31. The molecule has 0 spiro atoms. The quantitative estimate of drug-likeness (QED) is 0.249. The first-order chi connectivity index (χ1) is 15.3. The van der Waals surface area contributed by atoms with E-state index in [1.165, 1.54) is 24.3 Å². The molecule has 0 saturated carbocycles. The van der Waals surface area contributed by atoms with Crippen LogP contribution in [0.5, 0.6) is 0 Å². The van der Waals surface area contributed by atoms with E-state index in [1.807, 2.05) is 0 Å². The van der Waals surface area contributed by atoms with Crippen LogP contribution in [0.4, 0.5) is 0 Å². The van der Waals surface area contributed by atoms with Crippen molar-refractivity contribution in [2.75, 3.05) is 0 Å². The van der Waals surface area contributed by atoms with Crippen LogP contribution in [0, 0.1) is 0 Å². The van der Waals surface area contributed by atoms with Crippen LogP contribution in [-0.4, -0.2) is 48.1 Å². The second-order valence-corrected chi connectivity index (χ2v) is 10.4. The maximum Gasteiger partial charge on any atom is 0.318 e. The maximum absolute atomic E-state index is 12.6. The van der Waals surface area contributed by atoms with Gasteiger partial charge >= 0.3 is 11.9 Å². The van der Waals surface area contributed by atoms with Crippen molar-refractivity contribution in [1.82, 2.24) is 0 Å². The Hall–Kier alpha value is -2.80. The summed E-state index contributed by atoms with van der Waals surface area (Å²) in [6.07, 6.45) is 1.96. The van der Waals surface area contributed by atoms with Crippen LogP contribution in [0.1, 0.15) is 49.7 Å². The van der Waals surface area contributed by atoms with Gasteiger partial charge in [-0.25, -0.2) is 0 Å². The van der Waals surface area contributed by atoms with Crippen molar-refractivity contribution in [3.8, 4) is 0 Å². The summed E-state index contributed by atoms with van der Waals surface area (Å²) in [5, 5.41) is 19.0. The molecule has 4 N–H and O–H groups in total. The highest BCUT2D eigenvalue weighted by molar-refractivity contribution is 7.86. The molecule has 0 unspecified atom stereocenters. The Morgan fingerprint density at radius 1 is 0.667 bits per heavy atom. The van der Waals surface area contributed by atoms with Crippen molar-refractivity contribution in [2.45, 2.75) is 53.7 Å². The molecular weight excluding hydrogens is 476 g/mol. The molecule has 0 fully saturated rings. The minimum Gasteiger partial charge on any atom is -0.481 e. The number of aliphatic carboxylic acids is 2. The van der Waals surface area contributed by atoms with Crippen LogP contribution in [0.25, 0.3) is 0 Å².